The highest BCUT2D eigenvalue weighted by atomic mass is 32.1. The fourth-order valence-corrected chi connectivity index (χ4v) is 2.88. The molecule has 0 saturated carbocycles. The van der Waals surface area contributed by atoms with E-state index in [4.69, 9.17) is 9.90 Å². The Balaban J connectivity index is 0.000000345. The molecule has 9 nitrogen and oxygen atoms in total. The number of nitrogens with zero attached hydrogens (tertiary/aromatic N) is 5. The molecule has 0 spiro atoms. The molecule has 0 aliphatic carbocycles. The Bertz CT molecular complexity index is 1010. The molecule has 0 atom stereocenters. The highest BCUT2D eigenvalue weighted by molar-refractivity contribution is 7.20. The lowest BCUT2D eigenvalue weighted by Crippen LogP contribution is -2.21. The number of carboxylic acids is 1. The number of carboxylic acid groups (broad SMARTS) is 1. The summed E-state index contributed by atoms with van der Waals surface area (Å²) in [6, 6.07) is 1.53. The van der Waals surface area contributed by atoms with Gasteiger partial charge in [0.15, 0.2) is 0 Å². The Hall–Kier alpha value is -2.96. The first-order valence-corrected chi connectivity index (χ1v) is 8.85. The molecule has 2 N–H and O–H groups in total. The number of nitrogens with one attached hydrogen (secondary N) is 1. The summed E-state index contributed by atoms with van der Waals surface area (Å²) in [4.78, 5) is 30.0. The van der Waals surface area contributed by atoms with E-state index in [0.29, 0.717) is 16.6 Å². The van der Waals surface area contributed by atoms with Crippen LogP contribution in [0.5, 0.6) is 0 Å². The minimum Gasteiger partial charge on any atom is -0.475 e. The van der Waals surface area contributed by atoms with Gasteiger partial charge in [-0.3, -0.25) is 4.79 Å². The second-order valence-corrected chi connectivity index (χ2v) is 6.39. The van der Waals surface area contributed by atoms with E-state index in [0.717, 1.165) is 24.5 Å². The quantitative estimate of drug-likeness (QED) is 0.651. The van der Waals surface area contributed by atoms with Crippen molar-refractivity contribution in [3.8, 4) is 0 Å². The van der Waals surface area contributed by atoms with Crippen LogP contribution in [0.15, 0.2) is 23.3 Å². The zero-order chi connectivity index (χ0) is 20.9. The van der Waals surface area contributed by atoms with Crippen molar-refractivity contribution < 1.29 is 23.1 Å². The molecule has 152 valence electrons. The van der Waals surface area contributed by atoms with Crippen molar-refractivity contribution in [3.63, 3.8) is 0 Å². The van der Waals surface area contributed by atoms with E-state index in [1.54, 1.807) is 6.20 Å². The Morgan fingerprint density at radius 1 is 1.39 bits per heavy atom. The Morgan fingerprint density at radius 3 is 2.61 bits per heavy atom. The maximum atomic E-state index is 11.9. The predicted octanol–water partition coefficient (Wildman–Crippen LogP) is 1.96. The summed E-state index contributed by atoms with van der Waals surface area (Å²) in [6.07, 6.45) is -0.621. The van der Waals surface area contributed by atoms with Gasteiger partial charge in [-0.05, 0) is 13.3 Å². The van der Waals surface area contributed by atoms with Crippen LogP contribution >= 0.6 is 11.3 Å². The number of hydrogen-bond acceptors (Lipinski definition) is 7. The molecule has 0 amide bonds. The highest BCUT2D eigenvalue weighted by Crippen LogP contribution is 2.16. The van der Waals surface area contributed by atoms with E-state index < -0.39 is 12.1 Å². The van der Waals surface area contributed by atoms with Crippen LogP contribution in [-0.4, -0.2) is 47.9 Å². The number of anilines is 1. The minimum absolute atomic E-state index is 0.133. The van der Waals surface area contributed by atoms with Gasteiger partial charge >= 0.3 is 12.1 Å². The molecule has 13 heteroatoms. The van der Waals surface area contributed by atoms with Crippen LogP contribution in [0.25, 0.3) is 4.96 Å². The monoisotopic (exact) mass is 418 g/mol. The average Bonchev–Trinajstić information content (AvgIpc) is 3.21. The molecule has 0 radical (unpaired) electrons. The summed E-state index contributed by atoms with van der Waals surface area (Å²) in [5.41, 5.74) is 0.663. The first kappa shape index (κ1) is 21.3. The number of alkyl halides is 3. The number of aliphatic carboxylic acids is 1. The van der Waals surface area contributed by atoms with Crippen molar-refractivity contribution >= 4 is 27.4 Å². The van der Waals surface area contributed by atoms with Crippen LogP contribution in [0.3, 0.4) is 0 Å². The lowest BCUT2D eigenvalue weighted by Gasteiger charge is -2.04. The van der Waals surface area contributed by atoms with E-state index in [9.17, 15) is 18.0 Å². The van der Waals surface area contributed by atoms with Crippen molar-refractivity contribution in [3.05, 3.63) is 40.3 Å². The zero-order valence-corrected chi connectivity index (χ0v) is 15.7. The summed E-state index contributed by atoms with van der Waals surface area (Å²) in [5.74, 6) is -1.78. The van der Waals surface area contributed by atoms with E-state index in [-0.39, 0.29) is 5.56 Å². The Kier molecular flexibility index (Phi) is 6.72. The molecule has 3 aromatic rings. The van der Waals surface area contributed by atoms with Gasteiger partial charge in [0.05, 0.1) is 0 Å². The molecule has 28 heavy (non-hydrogen) atoms. The third-order valence-electron chi connectivity index (χ3n) is 3.46. The molecule has 0 aliphatic heterocycles. The number of aryl methyl sites for hydroxylation is 2. The Labute approximate surface area is 160 Å². The molecule has 3 heterocycles. The number of hydrogen-bond donors (Lipinski definition) is 2. The van der Waals surface area contributed by atoms with Crippen LogP contribution in [0.2, 0.25) is 0 Å². The molecule has 0 aromatic carbocycles. The lowest BCUT2D eigenvalue weighted by atomic mass is 10.3. The maximum absolute atomic E-state index is 11.9. The van der Waals surface area contributed by atoms with Gasteiger partial charge in [-0.25, -0.2) is 14.8 Å². The van der Waals surface area contributed by atoms with Crippen LogP contribution in [0.1, 0.15) is 18.4 Å². The van der Waals surface area contributed by atoms with Crippen molar-refractivity contribution in [2.24, 2.45) is 0 Å². The predicted molar refractivity (Wildman–Crippen MR) is 95.7 cm³/mol. The van der Waals surface area contributed by atoms with Gasteiger partial charge in [-0.2, -0.15) is 17.7 Å². The number of carbonyl (C=O) groups is 1. The number of fused-ring (bicyclic) bond motifs is 1. The zero-order valence-electron chi connectivity index (χ0n) is 14.9. The number of halogens is 3. The van der Waals surface area contributed by atoms with E-state index >= 15 is 0 Å². The summed E-state index contributed by atoms with van der Waals surface area (Å²) in [7, 11) is 0. The van der Waals surface area contributed by atoms with Gasteiger partial charge in [0.25, 0.3) is 5.56 Å². The first-order chi connectivity index (χ1) is 13.1. The topological polar surface area (TPSA) is 114 Å². The standard InChI is InChI=1S/C13H16N6OS.C2HF3O2/c1-3-10-8-11(20)19-13(16-10)21-12(17-19)15-5-7-18-6-4-14-9(18)2;3-2(4,5)1(6)7/h4,6,8H,3,5,7H2,1-2H3,(H,15,17);(H,6,7). The fraction of sp³-hybridized carbons (Fsp3) is 0.400. The van der Waals surface area contributed by atoms with Crippen molar-refractivity contribution in [2.75, 3.05) is 11.9 Å². The van der Waals surface area contributed by atoms with E-state index in [1.807, 2.05) is 20.0 Å². The second-order valence-electron chi connectivity index (χ2n) is 5.44. The van der Waals surface area contributed by atoms with E-state index in [2.05, 4.69) is 25.0 Å². The van der Waals surface area contributed by atoms with Crippen molar-refractivity contribution in [2.45, 2.75) is 33.0 Å². The number of imidazole rings is 1. The minimum atomic E-state index is -5.08. The van der Waals surface area contributed by atoms with Gasteiger partial charge in [-0.1, -0.05) is 18.3 Å². The summed E-state index contributed by atoms with van der Waals surface area (Å²) in [6.45, 7) is 5.45. The number of aromatic nitrogens is 5. The van der Waals surface area contributed by atoms with E-state index in [1.165, 1.54) is 21.9 Å². The number of rotatable bonds is 5. The Morgan fingerprint density at radius 2 is 2.07 bits per heavy atom. The second kappa shape index (κ2) is 8.82. The fourth-order valence-electron chi connectivity index (χ4n) is 2.03. The maximum Gasteiger partial charge on any atom is 0.490 e. The van der Waals surface area contributed by atoms with Gasteiger partial charge in [0.2, 0.25) is 10.1 Å². The van der Waals surface area contributed by atoms with Crippen molar-refractivity contribution in [1.82, 2.24) is 24.1 Å². The first-order valence-electron chi connectivity index (χ1n) is 8.03. The summed E-state index contributed by atoms with van der Waals surface area (Å²) in [5, 5.41) is 15.3. The van der Waals surface area contributed by atoms with Gasteiger partial charge < -0.3 is 15.0 Å². The SMILES string of the molecule is CCc1cc(=O)n2nc(NCCn3ccnc3C)sc2n1.O=C(O)C(F)(F)F. The molecular weight excluding hydrogens is 401 g/mol. The molecule has 0 bridgehead atoms. The van der Waals surface area contributed by atoms with Gasteiger partial charge in [-0.15, -0.1) is 5.10 Å². The van der Waals surface area contributed by atoms with Crippen LogP contribution in [0.4, 0.5) is 18.3 Å². The van der Waals surface area contributed by atoms with Gasteiger partial charge in [0.1, 0.15) is 5.82 Å². The van der Waals surface area contributed by atoms with Crippen LogP contribution in [0, 0.1) is 6.92 Å². The molecule has 0 unspecified atom stereocenters. The summed E-state index contributed by atoms with van der Waals surface area (Å²) >= 11 is 1.39. The molecular formula is C15H17F3N6O3S. The van der Waals surface area contributed by atoms with Crippen molar-refractivity contribution in [1.29, 1.82) is 0 Å². The van der Waals surface area contributed by atoms with Crippen LogP contribution < -0.4 is 10.9 Å². The van der Waals surface area contributed by atoms with Crippen LogP contribution in [-0.2, 0) is 17.8 Å². The highest BCUT2D eigenvalue weighted by Gasteiger charge is 2.38. The summed E-state index contributed by atoms with van der Waals surface area (Å²) < 4.78 is 35.1. The smallest absolute Gasteiger partial charge is 0.475 e. The molecule has 0 saturated heterocycles. The molecule has 0 aliphatic rings. The molecule has 0 fully saturated rings. The molecule has 3 aromatic heterocycles. The third-order valence-corrected chi connectivity index (χ3v) is 4.32. The average molecular weight is 418 g/mol. The molecule has 3 rings (SSSR count). The normalized spacial score (nSPS) is 11.2. The third kappa shape index (κ3) is 5.52. The lowest BCUT2D eigenvalue weighted by molar-refractivity contribution is -0.192. The largest absolute Gasteiger partial charge is 0.490 e. The van der Waals surface area contributed by atoms with Gasteiger partial charge in [0, 0.05) is 37.2 Å².